The highest BCUT2D eigenvalue weighted by molar-refractivity contribution is 5.85. The van der Waals surface area contributed by atoms with Gasteiger partial charge in [-0.25, -0.2) is 8.78 Å². The van der Waals surface area contributed by atoms with Gasteiger partial charge in [-0.05, 0) is 17.0 Å². The normalized spacial score (nSPS) is 21.1. The van der Waals surface area contributed by atoms with Crippen molar-refractivity contribution in [3.8, 4) is 0 Å². The molecule has 0 bridgehead atoms. The molecule has 2 nitrogen and oxygen atoms in total. The summed E-state index contributed by atoms with van der Waals surface area (Å²) < 4.78 is 26.1. The minimum Gasteiger partial charge on any atom is -0.321 e. The highest BCUT2D eigenvalue weighted by atomic mass is 19.3. The molecule has 1 fully saturated rings. The summed E-state index contributed by atoms with van der Waals surface area (Å²) in [5.41, 5.74) is 5.96. The van der Waals surface area contributed by atoms with Crippen molar-refractivity contribution in [2.24, 2.45) is 5.73 Å². The van der Waals surface area contributed by atoms with Gasteiger partial charge in [-0.15, -0.1) is 0 Å². The number of benzene rings is 1. The van der Waals surface area contributed by atoms with Crippen LogP contribution in [0.1, 0.15) is 18.4 Å². The van der Waals surface area contributed by atoms with E-state index in [1.54, 1.807) is 12.4 Å². The molecule has 1 aliphatic carbocycles. The number of hydrogen-bond donors (Lipinski definition) is 1. The highest BCUT2D eigenvalue weighted by Gasteiger charge is 2.55. The van der Waals surface area contributed by atoms with Gasteiger partial charge >= 0.3 is 0 Å². The SMILES string of the molecule is NC1(c2cccc3cnccc23)CC(F)(F)C1. The fourth-order valence-electron chi connectivity index (χ4n) is 2.62. The third-order valence-corrected chi connectivity index (χ3v) is 3.37. The Balaban J connectivity index is 2.13. The molecule has 4 heteroatoms. The molecule has 1 aliphatic rings. The summed E-state index contributed by atoms with van der Waals surface area (Å²) in [5, 5.41) is 1.85. The van der Waals surface area contributed by atoms with Gasteiger partial charge in [0.15, 0.2) is 0 Å². The Labute approximate surface area is 97.5 Å². The fraction of sp³-hybridized carbons (Fsp3) is 0.308. The van der Waals surface area contributed by atoms with Crippen LogP contribution in [-0.2, 0) is 5.54 Å². The monoisotopic (exact) mass is 234 g/mol. The Morgan fingerprint density at radius 3 is 2.65 bits per heavy atom. The van der Waals surface area contributed by atoms with Crippen molar-refractivity contribution in [1.29, 1.82) is 0 Å². The molecule has 1 aromatic carbocycles. The second kappa shape index (κ2) is 3.23. The molecule has 2 aromatic rings. The van der Waals surface area contributed by atoms with Crippen molar-refractivity contribution in [3.05, 3.63) is 42.2 Å². The molecule has 1 aromatic heterocycles. The molecule has 0 saturated heterocycles. The van der Waals surface area contributed by atoms with E-state index in [-0.39, 0.29) is 12.8 Å². The molecule has 2 N–H and O–H groups in total. The first kappa shape index (κ1) is 10.6. The predicted octanol–water partition coefficient (Wildman–Crippen LogP) is 2.82. The van der Waals surface area contributed by atoms with Crippen LogP contribution in [0, 0.1) is 0 Å². The van der Waals surface area contributed by atoms with Gasteiger partial charge in [-0.1, -0.05) is 18.2 Å². The molecule has 1 heterocycles. The number of nitrogens with zero attached hydrogens (tertiary/aromatic N) is 1. The van der Waals surface area contributed by atoms with E-state index in [0.29, 0.717) is 0 Å². The third-order valence-electron chi connectivity index (χ3n) is 3.37. The Bertz CT molecular complexity index is 567. The van der Waals surface area contributed by atoms with E-state index in [0.717, 1.165) is 16.3 Å². The molecule has 0 atom stereocenters. The highest BCUT2D eigenvalue weighted by Crippen LogP contribution is 2.51. The van der Waals surface area contributed by atoms with Gasteiger partial charge in [-0.2, -0.15) is 0 Å². The predicted molar refractivity (Wildman–Crippen MR) is 61.8 cm³/mol. The number of nitrogens with two attached hydrogens (primary N) is 1. The molecular weight excluding hydrogens is 222 g/mol. The molecule has 0 amide bonds. The van der Waals surface area contributed by atoms with Crippen molar-refractivity contribution in [3.63, 3.8) is 0 Å². The fourth-order valence-corrected chi connectivity index (χ4v) is 2.62. The van der Waals surface area contributed by atoms with Crippen molar-refractivity contribution < 1.29 is 8.78 Å². The Kier molecular flexibility index (Phi) is 2.01. The zero-order valence-electron chi connectivity index (χ0n) is 9.16. The Morgan fingerprint density at radius 2 is 1.94 bits per heavy atom. The van der Waals surface area contributed by atoms with Crippen LogP contribution in [0.3, 0.4) is 0 Å². The zero-order valence-corrected chi connectivity index (χ0v) is 9.16. The van der Waals surface area contributed by atoms with Gasteiger partial charge in [0.05, 0.1) is 5.54 Å². The summed E-state index contributed by atoms with van der Waals surface area (Å²) in [6, 6.07) is 7.41. The molecule has 88 valence electrons. The second-order valence-corrected chi connectivity index (χ2v) is 4.77. The molecule has 0 radical (unpaired) electrons. The number of alkyl halides is 2. The maximum Gasteiger partial charge on any atom is 0.252 e. The number of pyridine rings is 1. The summed E-state index contributed by atoms with van der Waals surface area (Å²) in [6.07, 6.45) is 2.83. The first-order valence-electron chi connectivity index (χ1n) is 5.50. The van der Waals surface area contributed by atoms with E-state index in [1.807, 2.05) is 24.3 Å². The number of rotatable bonds is 1. The van der Waals surface area contributed by atoms with Crippen molar-refractivity contribution in [1.82, 2.24) is 4.98 Å². The van der Waals surface area contributed by atoms with E-state index in [9.17, 15) is 8.78 Å². The third kappa shape index (κ3) is 1.60. The number of hydrogen-bond acceptors (Lipinski definition) is 2. The van der Waals surface area contributed by atoms with Crippen LogP contribution >= 0.6 is 0 Å². The van der Waals surface area contributed by atoms with Gasteiger partial charge in [0, 0.05) is 30.6 Å². The zero-order chi connectivity index (χ0) is 12.1. The van der Waals surface area contributed by atoms with Crippen LogP contribution in [0.5, 0.6) is 0 Å². The van der Waals surface area contributed by atoms with E-state index >= 15 is 0 Å². The van der Waals surface area contributed by atoms with Crippen molar-refractivity contribution in [2.75, 3.05) is 0 Å². The molecule has 0 spiro atoms. The van der Waals surface area contributed by atoms with E-state index in [1.165, 1.54) is 0 Å². The average molecular weight is 234 g/mol. The maximum atomic E-state index is 13.0. The van der Waals surface area contributed by atoms with Crippen LogP contribution in [0.25, 0.3) is 10.8 Å². The molecule has 17 heavy (non-hydrogen) atoms. The lowest BCUT2D eigenvalue weighted by Crippen LogP contribution is -2.55. The minimum atomic E-state index is -2.62. The summed E-state index contributed by atoms with van der Waals surface area (Å²) in [7, 11) is 0. The van der Waals surface area contributed by atoms with Gasteiger partial charge < -0.3 is 5.73 Å². The van der Waals surface area contributed by atoms with E-state index in [2.05, 4.69) is 4.98 Å². The molecule has 1 saturated carbocycles. The maximum absolute atomic E-state index is 13.0. The van der Waals surface area contributed by atoms with E-state index in [4.69, 9.17) is 5.73 Å². The minimum absolute atomic E-state index is 0.276. The lowest BCUT2D eigenvalue weighted by atomic mass is 9.69. The van der Waals surface area contributed by atoms with Gasteiger partial charge in [-0.3, -0.25) is 4.98 Å². The standard InChI is InChI=1S/C13H12F2N2/c14-13(15)7-12(16,8-13)11-3-1-2-9-6-17-5-4-10(9)11/h1-6H,7-8,16H2. The Hall–Kier alpha value is -1.55. The van der Waals surface area contributed by atoms with E-state index < -0.39 is 11.5 Å². The Morgan fingerprint density at radius 1 is 1.18 bits per heavy atom. The summed E-state index contributed by atoms with van der Waals surface area (Å²) in [4.78, 5) is 4.02. The first-order chi connectivity index (χ1) is 8.00. The largest absolute Gasteiger partial charge is 0.321 e. The summed E-state index contributed by atoms with van der Waals surface area (Å²) in [6.45, 7) is 0. The quantitative estimate of drug-likeness (QED) is 0.824. The number of aromatic nitrogens is 1. The molecule has 0 unspecified atom stereocenters. The summed E-state index contributed by atoms with van der Waals surface area (Å²) in [5.74, 6) is -2.62. The topological polar surface area (TPSA) is 38.9 Å². The second-order valence-electron chi connectivity index (χ2n) is 4.77. The smallest absolute Gasteiger partial charge is 0.252 e. The lowest BCUT2D eigenvalue weighted by molar-refractivity contribution is -0.124. The average Bonchev–Trinajstić information content (AvgIpc) is 2.25. The number of halogens is 2. The van der Waals surface area contributed by atoms with Crippen molar-refractivity contribution in [2.45, 2.75) is 24.3 Å². The molecule has 3 rings (SSSR count). The molecular formula is C13H12F2N2. The molecule has 0 aliphatic heterocycles. The number of fused-ring (bicyclic) bond motifs is 1. The van der Waals surface area contributed by atoms with Crippen molar-refractivity contribution >= 4 is 10.8 Å². The van der Waals surface area contributed by atoms with Gasteiger partial charge in [0.25, 0.3) is 5.92 Å². The van der Waals surface area contributed by atoms with Gasteiger partial charge in [0.2, 0.25) is 0 Å². The van der Waals surface area contributed by atoms with Crippen LogP contribution in [0.2, 0.25) is 0 Å². The lowest BCUT2D eigenvalue weighted by Gasteiger charge is -2.45. The van der Waals surface area contributed by atoms with Crippen LogP contribution < -0.4 is 5.73 Å². The van der Waals surface area contributed by atoms with Crippen LogP contribution in [0.4, 0.5) is 8.78 Å². The summed E-state index contributed by atoms with van der Waals surface area (Å²) >= 11 is 0. The first-order valence-corrected chi connectivity index (χ1v) is 5.50. The van der Waals surface area contributed by atoms with Crippen LogP contribution in [-0.4, -0.2) is 10.9 Å². The van der Waals surface area contributed by atoms with Crippen LogP contribution in [0.15, 0.2) is 36.7 Å². The van der Waals surface area contributed by atoms with Gasteiger partial charge in [0.1, 0.15) is 0 Å².